The third kappa shape index (κ3) is 4.20. The van der Waals surface area contributed by atoms with Gasteiger partial charge in [-0.25, -0.2) is 8.78 Å². The molecule has 3 nitrogen and oxygen atoms in total. The normalized spacial score (nSPS) is 14.3. The van der Waals surface area contributed by atoms with E-state index >= 15 is 0 Å². The highest BCUT2D eigenvalue weighted by atomic mass is 19.1. The van der Waals surface area contributed by atoms with Crippen molar-refractivity contribution < 1.29 is 18.3 Å². The van der Waals surface area contributed by atoms with Gasteiger partial charge in [0, 0.05) is 28.4 Å². The Balaban J connectivity index is 1.89. The van der Waals surface area contributed by atoms with E-state index in [1.54, 1.807) is 19.2 Å². The molecular weight excluding hydrogens is 408 g/mol. The summed E-state index contributed by atoms with van der Waals surface area (Å²) in [6.45, 7) is 8.34. The first-order valence-corrected chi connectivity index (χ1v) is 10.6. The molecule has 166 valence electrons. The average molecular weight is 436 g/mol. The number of rotatable bonds is 5. The van der Waals surface area contributed by atoms with Gasteiger partial charge < -0.3 is 14.8 Å². The molecule has 0 amide bonds. The molecule has 3 aromatic rings. The fourth-order valence-corrected chi connectivity index (χ4v) is 4.37. The molecule has 4 rings (SSSR count). The van der Waals surface area contributed by atoms with Crippen LogP contribution in [0.4, 0.5) is 14.5 Å². The Kier molecular flexibility index (Phi) is 5.68. The van der Waals surface area contributed by atoms with E-state index in [0.717, 1.165) is 33.5 Å². The summed E-state index contributed by atoms with van der Waals surface area (Å²) in [6.07, 6.45) is 2.17. The van der Waals surface area contributed by atoms with Gasteiger partial charge in [0.05, 0.1) is 12.6 Å². The molecule has 0 saturated heterocycles. The largest absolute Gasteiger partial charge is 0.496 e. The first kappa shape index (κ1) is 21.9. The number of aryl methyl sites for hydroxylation is 1. The van der Waals surface area contributed by atoms with Crippen molar-refractivity contribution in [1.82, 2.24) is 0 Å². The molecule has 0 aromatic heterocycles. The fraction of sp³-hybridized carbons (Fsp3) is 0.259. The van der Waals surface area contributed by atoms with Crippen LogP contribution in [0.15, 0.2) is 54.6 Å². The summed E-state index contributed by atoms with van der Waals surface area (Å²) in [7, 11) is 1.57. The van der Waals surface area contributed by atoms with E-state index in [4.69, 9.17) is 9.47 Å². The summed E-state index contributed by atoms with van der Waals surface area (Å²) >= 11 is 0. The fourth-order valence-electron chi connectivity index (χ4n) is 4.37. The molecule has 1 aliphatic heterocycles. The maximum absolute atomic E-state index is 14.2. The number of nitrogens with one attached hydrogen (secondary N) is 1. The van der Waals surface area contributed by atoms with E-state index in [9.17, 15) is 8.78 Å². The molecule has 0 unspecified atom stereocenters. The van der Waals surface area contributed by atoms with Crippen molar-refractivity contribution in [2.45, 2.75) is 39.8 Å². The van der Waals surface area contributed by atoms with Crippen molar-refractivity contribution in [3.05, 3.63) is 82.9 Å². The van der Waals surface area contributed by atoms with Crippen molar-refractivity contribution in [3.63, 3.8) is 0 Å². The van der Waals surface area contributed by atoms with E-state index < -0.39 is 0 Å². The van der Waals surface area contributed by atoms with Crippen molar-refractivity contribution in [1.29, 1.82) is 0 Å². The molecule has 0 spiro atoms. The molecule has 1 aliphatic rings. The highest BCUT2D eigenvalue weighted by Gasteiger charge is 2.27. The lowest BCUT2D eigenvalue weighted by Gasteiger charge is -2.33. The van der Waals surface area contributed by atoms with Crippen LogP contribution in [0.5, 0.6) is 11.5 Å². The molecule has 5 heteroatoms. The summed E-state index contributed by atoms with van der Waals surface area (Å²) in [5, 5.41) is 3.55. The molecule has 1 heterocycles. The minimum Gasteiger partial charge on any atom is -0.496 e. The van der Waals surface area contributed by atoms with Gasteiger partial charge in [0.1, 0.15) is 29.7 Å². The molecule has 0 radical (unpaired) electrons. The quantitative estimate of drug-likeness (QED) is 0.462. The second-order valence-electron chi connectivity index (χ2n) is 8.73. The molecule has 0 fully saturated rings. The zero-order valence-corrected chi connectivity index (χ0v) is 19.0. The Morgan fingerprint density at radius 2 is 1.59 bits per heavy atom. The zero-order valence-electron chi connectivity index (χ0n) is 19.0. The highest BCUT2D eigenvalue weighted by molar-refractivity contribution is 5.88. The Hall–Kier alpha value is -3.34. The summed E-state index contributed by atoms with van der Waals surface area (Å²) in [6, 6.07) is 12.9. The smallest absolute Gasteiger partial charge is 0.126 e. The van der Waals surface area contributed by atoms with Crippen LogP contribution < -0.4 is 14.8 Å². The van der Waals surface area contributed by atoms with Crippen LogP contribution in [0.2, 0.25) is 0 Å². The zero-order chi connectivity index (χ0) is 23.0. The minimum absolute atomic E-state index is 0.190. The van der Waals surface area contributed by atoms with E-state index in [1.807, 2.05) is 19.1 Å². The van der Waals surface area contributed by atoms with Crippen LogP contribution in [0.3, 0.4) is 0 Å². The second kappa shape index (κ2) is 8.30. The Morgan fingerprint density at radius 1 is 0.875 bits per heavy atom. The molecule has 3 aromatic carbocycles. The van der Waals surface area contributed by atoms with Gasteiger partial charge in [0.25, 0.3) is 0 Å². The van der Waals surface area contributed by atoms with Gasteiger partial charge in [-0.2, -0.15) is 0 Å². The van der Waals surface area contributed by atoms with Gasteiger partial charge in [-0.05, 0) is 74.7 Å². The third-order valence-corrected chi connectivity index (χ3v) is 5.72. The number of hydrogen-bond donors (Lipinski definition) is 1. The number of anilines is 1. The molecule has 1 N–H and O–H groups in total. The van der Waals surface area contributed by atoms with Crippen molar-refractivity contribution in [3.8, 4) is 22.6 Å². The SMILES string of the molecule is COc1ccc(F)cc1-c1ccc2c(c1COc1cc(F)ccc1C)C(C)=CC(C)(C)N2. The van der Waals surface area contributed by atoms with Crippen LogP contribution >= 0.6 is 0 Å². The highest BCUT2D eigenvalue weighted by Crippen LogP contribution is 2.43. The molecule has 32 heavy (non-hydrogen) atoms. The Labute approximate surface area is 187 Å². The third-order valence-electron chi connectivity index (χ3n) is 5.72. The summed E-state index contributed by atoms with van der Waals surface area (Å²) in [5.41, 5.74) is 6.04. The minimum atomic E-state index is -0.354. The van der Waals surface area contributed by atoms with Crippen LogP contribution in [-0.2, 0) is 6.61 Å². The van der Waals surface area contributed by atoms with E-state index in [-0.39, 0.29) is 23.8 Å². The summed E-state index contributed by atoms with van der Waals surface area (Å²) in [5.74, 6) is 0.343. The molecule has 0 saturated carbocycles. The number of halogens is 2. The number of hydrogen-bond acceptors (Lipinski definition) is 3. The van der Waals surface area contributed by atoms with Gasteiger partial charge in [-0.15, -0.1) is 0 Å². The van der Waals surface area contributed by atoms with Gasteiger partial charge in [-0.3, -0.25) is 0 Å². The van der Waals surface area contributed by atoms with E-state index in [1.165, 1.54) is 24.3 Å². The standard InChI is InChI=1S/C27H27F2NO2/c1-16-6-7-19(29)13-25(16)32-15-22-20(21-12-18(28)8-11-24(21)31-5)9-10-23-26(22)17(2)14-27(3,4)30-23/h6-14,30H,15H2,1-5H3. The first-order valence-electron chi connectivity index (χ1n) is 10.6. The number of ether oxygens (including phenoxy) is 2. The summed E-state index contributed by atoms with van der Waals surface area (Å²) < 4.78 is 39.7. The van der Waals surface area contributed by atoms with Crippen LogP contribution in [-0.4, -0.2) is 12.6 Å². The lowest BCUT2D eigenvalue weighted by Crippen LogP contribution is -2.32. The number of benzene rings is 3. The molecule has 0 bridgehead atoms. The van der Waals surface area contributed by atoms with Crippen LogP contribution in [0.25, 0.3) is 16.7 Å². The van der Waals surface area contributed by atoms with Gasteiger partial charge in [0.2, 0.25) is 0 Å². The number of allylic oxidation sites excluding steroid dienone is 1. The average Bonchev–Trinajstić information content (AvgIpc) is 2.73. The van der Waals surface area contributed by atoms with Crippen molar-refractivity contribution >= 4 is 11.3 Å². The first-order chi connectivity index (χ1) is 15.2. The maximum Gasteiger partial charge on any atom is 0.126 e. The second-order valence-corrected chi connectivity index (χ2v) is 8.73. The summed E-state index contributed by atoms with van der Waals surface area (Å²) in [4.78, 5) is 0. The molecule has 0 atom stereocenters. The van der Waals surface area contributed by atoms with Crippen LogP contribution in [0.1, 0.15) is 37.5 Å². The van der Waals surface area contributed by atoms with Crippen molar-refractivity contribution in [2.24, 2.45) is 0 Å². The molecule has 0 aliphatic carbocycles. The topological polar surface area (TPSA) is 30.5 Å². The van der Waals surface area contributed by atoms with E-state index in [0.29, 0.717) is 17.1 Å². The Bertz CT molecular complexity index is 1210. The van der Waals surface area contributed by atoms with Crippen molar-refractivity contribution in [2.75, 3.05) is 12.4 Å². The molecular formula is C27H27F2NO2. The number of methoxy groups -OCH3 is 1. The predicted molar refractivity (Wildman–Crippen MR) is 125 cm³/mol. The maximum atomic E-state index is 14.2. The lowest BCUT2D eigenvalue weighted by atomic mass is 9.85. The number of fused-ring (bicyclic) bond motifs is 1. The van der Waals surface area contributed by atoms with Crippen LogP contribution in [0, 0.1) is 18.6 Å². The van der Waals surface area contributed by atoms with Gasteiger partial charge in [0.15, 0.2) is 0 Å². The predicted octanol–water partition coefficient (Wildman–Crippen LogP) is 7.14. The monoisotopic (exact) mass is 435 g/mol. The van der Waals surface area contributed by atoms with E-state index in [2.05, 4.69) is 32.2 Å². The Morgan fingerprint density at radius 3 is 2.34 bits per heavy atom. The van der Waals surface area contributed by atoms with Gasteiger partial charge >= 0.3 is 0 Å². The lowest BCUT2D eigenvalue weighted by molar-refractivity contribution is 0.302. The van der Waals surface area contributed by atoms with Gasteiger partial charge in [-0.1, -0.05) is 18.2 Å².